The van der Waals surface area contributed by atoms with Gasteiger partial charge >= 0.3 is 0 Å². The molecule has 1 aliphatic rings. The van der Waals surface area contributed by atoms with Gasteiger partial charge in [0.2, 0.25) is 0 Å². The van der Waals surface area contributed by atoms with Gasteiger partial charge in [0.25, 0.3) is 5.91 Å². The number of phenols is 1. The Labute approximate surface area is 125 Å². The zero-order valence-corrected chi connectivity index (χ0v) is 12.5. The van der Waals surface area contributed by atoms with Crippen LogP contribution < -0.4 is 5.43 Å². The van der Waals surface area contributed by atoms with Gasteiger partial charge in [-0.05, 0) is 39.7 Å². The number of benzene rings is 1. The number of hydrazone groups is 1. The van der Waals surface area contributed by atoms with Crippen LogP contribution in [0.4, 0.5) is 0 Å². The lowest BCUT2D eigenvalue weighted by Gasteiger charge is -2.25. The SMILES string of the molecule is O=C(CN1CCOCC1)N/N=C/c1ccc(O)c(Br)c1. The van der Waals surface area contributed by atoms with Crippen LogP contribution in [0.5, 0.6) is 5.75 Å². The van der Waals surface area contributed by atoms with Crippen LogP contribution in [0, 0.1) is 0 Å². The number of halogens is 1. The summed E-state index contributed by atoms with van der Waals surface area (Å²) < 4.78 is 5.80. The zero-order chi connectivity index (χ0) is 14.4. The van der Waals surface area contributed by atoms with Crippen molar-refractivity contribution < 1.29 is 14.6 Å². The van der Waals surface area contributed by atoms with Gasteiger partial charge in [-0.1, -0.05) is 0 Å². The van der Waals surface area contributed by atoms with E-state index in [4.69, 9.17) is 4.74 Å². The van der Waals surface area contributed by atoms with Crippen LogP contribution in [0.15, 0.2) is 27.8 Å². The smallest absolute Gasteiger partial charge is 0.254 e. The van der Waals surface area contributed by atoms with Gasteiger partial charge < -0.3 is 9.84 Å². The third-order valence-corrected chi connectivity index (χ3v) is 3.48. The van der Waals surface area contributed by atoms with Gasteiger partial charge in [-0.15, -0.1) is 0 Å². The van der Waals surface area contributed by atoms with E-state index in [-0.39, 0.29) is 11.7 Å². The Morgan fingerprint density at radius 1 is 1.50 bits per heavy atom. The summed E-state index contributed by atoms with van der Waals surface area (Å²) in [6, 6.07) is 4.98. The monoisotopic (exact) mass is 341 g/mol. The van der Waals surface area contributed by atoms with Crippen LogP contribution in [0.25, 0.3) is 0 Å². The highest BCUT2D eigenvalue weighted by molar-refractivity contribution is 9.10. The van der Waals surface area contributed by atoms with Gasteiger partial charge in [-0.3, -0.25) is 9.69 Å². The number of hydrogen-bond acceptors (Lipinski definition) is 5. The number of ether oxygens (including phenoxy) is 1. The van der Waals surface area contributed by atoms with Crippen molar-refractivity contribution in [2.75, 3.05) is 32.8 Å². The van der Waals surface area contributed by atoms with Crippen molar-refractivity contribution in [3.05, 3.63) is 28.2 Å². The lowest BCUT2D eigenvalue weighted by molar-refractivity contribution is -0.123. The number of phenolic OH excluding ortho intramolecular Hbond substituents is 1. The topological polar surface area (TPSA) is 74.2 Å². The fraction of sp³-hybridized carbons (Fsp3) is 0.385. The maximum absolute atomic E-state index is 11.7. The first kappa shape index (κ1) is 15.0. The first-order valence-electron chi connectivity index (χ1n) is 6.25. The Morgan fingerprint density at radius 3 is 2.95 bits per heavy atom. The molecule has 1 aliphatic heterocycles. The number of nitrogens with one attached hydrogen (secondary N) is 1. The van der Waals surface area contributed by atoms with Crippen molar-refractivity contribution in [2.45, 2.75) is 0 Å². The minimum Gasteiger partial charge on any atom is -0.507 e. The molecule has 1 aromatic carbocycles. The molecule has 1 heterocycles. The third-order valence-electron chi connectivity index (χ3n) is 2.85. The number of carbonyl (C=O) groups is 1. The molecule has 0 aromatic heterocycles. The summed E-state index contributed by atoms with van der Waals surface area (Å²) in [5.74, 6) is 0.0134. The van der Waals surface area contributed by atoms with E-state index in [1.165, 1.54) is 6.21 Å². The van der Waals surface area contributed by atoms with E-state index in [9.17, 15) is 9.90 Å². The highest BCUT2D eigenvalue weighted by Crippen LogP contribution is 2.23. The standard InChI is InChI=1S/C13H16BrN3O3/c14-11-7-10(1-2-12(11)18)8-15-16-13(19)9-17-3-5-20-6-4-17/h1-2,7-8,18H,3-6,9H2,(H,16,19)/b15-8+. The van der Waals surface area contributed by atoms with E-state index in [0.29, 0.717) is 24.2 Å². The summed E-state index contributed by atoms with van der Waals surface area (Å²) in [7, 11) is 0. The van der Waals surface area contributed by atoms with Crippen LogP contribution in [-0.2, 0) is 9.53 Å². The number of aromatic hydroxyl groups is 1. The Morgan fingerprint density at radius 2 is 2.25 bits per heavy atom. The first-order chi connectivity index (χ1) is 9.65. The number of carbonyl (C=O) groups excluding carboxylic acids is 1. The Hall–Kier alpha value is -1.44. The van der Waals surface area contributed by atoms with Crippen molar-refractivity contribution >= 4 is 28.1 Å². The first-order valence-corrected chi connectivity index (χ1v) is 7.05. The lowest BCUT2D eigenvalue weighted by Crippen LogP contribution is -2.42. The summed E-state index contributed by atoms with van der Waals surface area (Å²) in [5.41, 5.74) is 3.26. The summed E-state index contributed by atoms with van der Waals surface area (Å²) in [4.78, 5) is 13.7. The number of rotatable bonds is 4. The van der Waals surface area contributed by atoms with E-state index in [1.807, 2.05) is 4.90 Å². The molecule has 0 aliphatic carbocycles. The molecule has 0 bridgehead atoms. The molecule has 1 saturated heterocycles. The molecule has 1 amide bonds. The second-order valence-corrected chi connectivity index (χ2v) is 5.25. The van der Waals surface area contributed by atoms with Gasteiger partial charge in [-0.2, -0.15) is 5.10 Å². The second-order valence-electron chi connectivity index (χ2n) is 4.39. The van der Waals surface area contributed by atoms with Gasteiger partial charge in [0.05, 0.1) is 30.4 Å². The molecule has 0 atom stereocenters. The Balaban J connectivity index is 1.79. The fourth-order valence-electron chi connectivity index (χ4n) is 1.78. The maximum Gasteiger partial charge on any atom is 0.254 e. The molecule has 2 rings (SSSR count). The largest absolute Gasteiger partial charge is 0.507 e. The Bertz CT molecular complexity index is 502. The number of morpholine rings is 1. The number of hydrogen-bond donors (Lipinski definition) is 2. The number of nitrogens with zero attached hydrogens (tertiary/aromatic N) is 2. The van der Waals surface area contributed by atoms with Crippen LogP contribution in [0.2, 0.25) is 0 Å². The quantitative estimate of drug-likeness (QED) is 0.631. The average molecular weight is 342 g/mol. The molecule has 7 heteroatoms. The molecule has 6 nitrogen and oxygen atoms in total. The van der Waals surface area contributed by atoms with Gasteiger partial charge in [0, 0.05) is 13.1 Å². The molecule has 0 spiro atoms. The van der Waals surface area contributed by atoms with E-state index >= 15 is 0 Å². The second kappa shape index (κ2) is 7.37. The normalized spacial score (nSPS) is 16.4. The molecular formula is C13H16BrN3O3. The van der Waals surface area contributed by atoms with Crippen molar-refractivity contribution in [3.63, 3.8) is 0 Å². The predicted octanol–water partition coefficient (Wildman–Crippen LogP) is 0.937. The predicted molar refractivity (Wildman–Crippen MR) is 78.8 cm³/mol. The van der Waals surface area contributed by atoms with E-state index in [0.717, 1.165) is 18.7 Å². The van der Waals surface area contributed by atoms with E-state index < -0.39 is 0 Å². The average Bonchev–Trinajstić information content (AvgIpc) is 2.44. The van der Waals surface area contributed by atoms with Crippen molar-refractivity contribution in [1.82, 2.24) is 10.3 Å². The van der Waals surface area contributed by atoms with E-state index in [1.54, 1.807) is 18.2 Å². The van der Waals surface area contributed by atoms with Gasteiger partial charge in [0.1, 0.15) is 5.75 Å². The van der Waals surface area contributed by atoms with Crippen LogP contribution in [0.3, 0.4) is 0 Å². The molecule has 0 radical (unpaired) electrons. The van der Waals surface area contributed by atoms with Crippen molar-refractivity contribution in [2.24, 2.45) is 5.10 Å². The van der Waals surface area contributed by atoms with Crippen LogP contribution in [0.1, 0.15) is 5.56 Å². The Kier molecular flexibility index (Phi) is 5.51. The van der Waals surface area contributed by atoms with Crippen LogP contribution in [-0.4, -0.2) is 55.0 Å². The zero-order valence-electron chi connectivity index (χ0n) is 10.9. The molecule has 1 aromatic rings. The van der Waals surface area contributed by atoms with E-state index in [2.05, 4.69) is 26.5 Å². The van der Waals surface area contributed by atoms with Gasteiger partial charge in [-0.25, -0.2) is 5.43 Å². The molecule has 20 heavy (non-hydrogen) atoms. The summed E-state index contributed by atoms with van der Waals surface area (Å²) >= 11 is 3.22. The lowest BCUT2D eigenvalue weighted by atomic mass is 10.2. The molecule has 0 unspecified atom stereocenters. The molecule has 2 N–H and O–H groups in total. The van der Waals surface area contributed by atoms with Crippen molar-refractivity contribution in [3.8, 4) is 5.75 Å². The van der Waals surface area contributed by atoms with Crippen LogP contribution >= 0.6 is 15.9 Å². The minimum absolute atomic E-state index is 0.152. The third kappa shape index (κ3) is 4.59. The summed E-state index contributed by atoms with van der Waals surface area (Å²) in [6.07, 6.45) is 1.53. The molecular weight excluding hydrogens is 326 g/mol. The molecule has 1 fully saturated rings. The highest BCUT2D eigenvalue weighted by Gasteiger charge is 2.13. The maximum atomic E-state index is 11.7. The fourth-order valence-corrected chi connectivity index (χ4v) is 2.18. The summed E-state index contributed by atoms with van der Waals surface area (Å²) in [5, 5.41) is 13.3. The van der Waals surface area contributed by atoms with Crippen molar-refractivity contribution in [1.29, 1.82) is 0 Å². The number of amides is 1. The highest BCUT2D eigenvalue weighted by atomic mass is 79.9. The summed E-state index contributed by atoms with van der Waals surface area (Å²) in [6.45, 7) is 3.18. The molecule has 0 saturated carbocycles. The minimum atomic E-state index is -0.152. The van der Waals surface area contributed by atoms with Gasteiger partial charge in [0.15, 0.2) is 0 Å². The molecule has 108 valence electrons.